The van der Waals surface area contributed by atoms with Crippen LogP contribution in [-0.2, 0) is 16.0 Å². The molecule has 1 aliphatic rings. The van der Waals surface area contributed by atoms with E-state index < -0.39 is 6.04 Å². The van der Waals surface area contributed by atoms with E-state index in [2.05, 4.69) is 10.3 Å². The maximum Gasteiger partial charge on any atom is 0.248 e. The lowest BCUT2D eigenvalue weighted by atomic mass is 10.0. The molecule has 2 heterocycles. The van der Waals surface area contributed by atoms with Crippen LogP contribution in [0.2, 0.25) is 0 Å². The number of pyridine rings is 1. The highest BCUT2D eigenvalue weighted by Crippen LogP contribution is 2.36. The molecule has 1 aliphatic carbocycles. The zero-order chi connectivity index (χ0) is 23.9. The molecule has 1 atom stereocenters. The molecule has 7 nitrogen and oxygen atoms in total. The summed E-state index contributed by atoms with van der Waals surface area (Å²) in [6.07, 6.45) is 7.57. The van der Waals surface area contributed by atoms with Gasteiger partial charge in [-0.3, -0.25) is 19.5 Å². The predicted molar refractivity (Wildman–Crippen MR) is 132 cm³/mol. The molecule has 2 aromatic heterocycles. The molecule has 2 amide bonds. The molecule has 3 aromatic rings. The van der Waals surface area contributed by atoms with E-state index in [0.29, 0.717) is 22.7 Å². The quantitative estimate of drug-likeness (QED) is 0.488. The van der Waals surface area contributed by atoms with E-state index in [1.54, 1.807) is 61.8 Å². The van der Waals surface area contributed by atoms with Gasteiger partial charge in [0, 0.05) is 35.1 Å². The van der Waals surface area contributed by atoms with E-state index >= 15 is 0 Å². The average molecular weight is 480 g/mol. The Morgan fingerprint density at radius 2 is 1.82 bits per heavy atom. The summed E-state index contributed by atoms with van der Waals surface area (Å²) in [5, 5.41) is 5.13. The van der Waals surface area contributed by atoms with Crippen molar-refractivity contribution >= 4 is 28.8 Å². The Morgan fingerprint density at radius 3 is 2.47 bits per heavy atom. The number of benzene rings is 1. The number of nitrogens with zero attached hydrogens (tertiary/aromatic N) is 2. The van der Waals surface area contributed by atoms with Crippen LogP contribution in [0.3, 0.4) is 0 Å². The first kappa shape index (κ1) is 23.8. The molecule has 0 bridgehead atoms. The number of thiophene rings is 1. The van der Waals surface area contributed by atoms with Gasteiger partial charge in [-0.05, 0) is 54.1 Å². The lowest BCUT2D eigenvalue weighted by molar-refractivity contribution is -0.127. The number of rotatable bonds is 9. The first-order valence-corrected chi connectivity index (χ1v) is 12.3. The summed E-state index contributed by atoms with van der Waals surface area (Å²) < 4.78 is 10.9. The number of carbonyl (C=O) groups is 2. The Kier molecular flexibility index (Phi) is 7.80. The highest BCUT2D eigenvalue weighted by molar-refractivity contribution is 7.10. The van der Waals surface area contributed by atoms with Crippen molar-refractivity contribution in [2.75, 3.05) is 19.1 Å². The Hall–Kier alpha value is -3.39. The van der Waals surface area contributed by atoms with Crippen molar-refractivity contribution in [3.8, 4) is 11.5 Å². The lowest BCUT2D eigenvalue weighted by Crippen LogP contribution is -2.46. The van der Waals surface area contributed by atoms with Crippen LogP contribution in [0.5, 0.6) is 11.5 Å². The van der Waals surface area contributed by atoms with Crippen molar-refractivity contribution in [1.29, 1.82) is 0 Å². The normalized spacial score (nSPS) is 14.4. The van der Waals surface area contributed by atoms with Gasteiger partial charge in [-0.2, -0.15) is 0 Å². The second-order valence-corrected chi connectivity index (χ2v) is 9.26. The van der Waals surface area contributed by atoms with Crippen LogP contribution in [0, 0.1) is 0 Å². The summed E-state index contributed by atoms with van der Waals surface area (Å²) in [7, 11) is 3.11. The van der Waals surface area contributed by atoms with Gasteiger partial charge >= 0.3 is 0 Å². The van der Waals surface area contributed by atoms with E-state index in [0.717, 1.165) is 30.6 Å². The van der Waals surface area contributed by atoms with E-state index in [-0.39, 0.29) is 24.3 Å². The van der Waals surface area contributed by atoms with Gasteiger partial charge in [0.1, 0.15) is 6.04 Å². The van der Waals surface area contributed by atoms with Gasteiger partial charge in [0.05, 0.1) is 20.6 Å². The summed E-state index contributed by atoms with van der Waals surface area (Å²) >= 11 is 1.52. The van der Waals surface area contributed by atoms with Gasteiger partial charge in [-0.1, -0.05) is 18.9 Å². The average Bonchev–Trinajstić information content (AvgIpc) is 3.57. The smallest absolute Gasteiger partial charge is 0.248 e. The number of aromatic nitrogens is 1. The number of amides is 2. The van der Waals surface area contributed by atoms with Crippen LogP contribution in [0.1, 0.15) is 42.2 Å². The highest BCUT2D eigenvalue weighted by atomic mass is 32.1. The van der Waals surface area contributed by atoms with E-state index in [1.165, 1.54) is 11.3 Å². The molecule has 0 spiro atoms. The van der Waals surface area contributed by atoms with Gasteiger partial charge in [0.2, 0.25) is 11.8 Å². The second kappa shape index (κ2) is 11.2. The largest absolute Gasteiger partial charge is 0.493 e. The Bertz CT molecular complexity index is 1100. The summed E-state index contributed by atoms with van der Waals surface area (Å²) in [6, 6.07) is 11.9. The summed E-state index contributed by atoms with van der Waals surface area (Å²) in [4.78, 5) is 34.1. The monoisotopic (exact) mass is 479 g/mol. The van der Waals surface area contributed by atoms with Crippen molar-refractivity contribution in [3.63, 3.8) is 0 Å². The first-order chi connectivity index (χ1) is 16.6. The molecule has 1 N–H and O–H groups in total. The van der Waals surface area contributed by atoms with Crippen LogP contribution in [0.4, 0.5) is 5.69 Å². The number of hydrogen-bond donors (Lipinski definition) is 1. The molecule has 1 fully saturated rings. The fraction of sp³-hybridized carbons (Fsp3) is 0.346. The van der Waals surface area contributed by atoms with Crippen LogP contribution in [-0.4, -0.2) is 37.1 Å². The number of nitrogens with one attached hydrogen (secondary N) is 1. The van der Waals surface area contributed by atoms with Gasteiger partial charge < -0.3 is 14.8 Å². The number of ether oxygens (including phenoxy) is 2. The van der Waals surface area contributed by atoms with Crippen LogP contribution in [0.15, 0.2) is 60.2 Å². The van der Waals surface area contributed by atoms with Crippen molar-refractivity contribution in [3.05, 3.63) is 70.7 Å². The summed E-state index contributed by atoms with van der Waals surface area (Å²) in [5.41, 5.74) is 1.25. The fourth-order valence-corrected chi connectivity index (χ4v) is 5.07. The minimum Gasteiger partial charge on any atom is -0.493 e. The third-order valence-electron chi connectivity index (χ3n) is 6.05. The zero-order valence-electron chi connectivity index (χ0n) is 19.4. The molecule has 0 unspecified atom stereocenters. The first-order valence-electron chi connectivity index (χ1n) is 11.4. The third-order valence-corrected chi connectivity index (χ3v) is 6.93. The topological polar surface area (TPSA) is 80.8 Å². The Morgan fingerprint density at radius 1 is 1.09 bits per heavy atom. The van der Waals surface area contributed by atoms with Crippen molar-refractivity contribution in [2.24, 2.45) is 0 Å². The summed E-state index contributed by atoms with van der Waals surface area (Å²) in [5.74, 6) is 0.650. The maximum absolute atomic E-state index is 13.8. The SMILES string of the molecule is COc1ccc(N(C(=O)Cc2cccs2)[C@H](C(=O)NC2CCCC2)c2ccncc2)cc1OC. The van der Waals surface area contributed by atoms with Gasteiger partial charge in [0.25, 0.3) is 0 Å². The molecular formula is C26H29N3O4S. The standard InChI is InChI=1S/C26H29N3O4S/c1-32-22-10-9-20(16-23(22)33-2)29(24(30)17-21-8-5-15-34-21)25(18-11-13-27-14-12-18)26(31)28-19-6-3-4-7-19/h5,8-16,19,25H,3-4,6-7,17H2,1-2H3,(H,28,31)/t25-/m0/s1. The Labute approximate surface area is 203 Å². The summed E-state index contributed by atoms with van der Waals surface area (Å²) in [6.45, 7) is 0. The molecule has 4 rings (SSSR count). The van der Waals surface area contributed by atoms with Crippen LogP contribution >= 0.6 is 11.3 Å². The molecule has 8 heteroatoms. The third kappa shape index (κ3) is 5.39. The molecule has 0 aliphatic heterocycles. The number of carbonyl (C=O) groups excluding carboxylic acids is 2. The van der Waals surface area contributed by atoms with Crippen molar-refractivity contribution in [1.82, 2.24) is 10.3 Å². The minimum atomic E-state index is -0.853. The number of methoxy groups -OCH3 is 2. The van der Waals surface area contributed by atoms with Crippen molar-refractivity contribution in [2.45, 2.75) is 44.2 Å². The van der Waals surface area contributed by atoms with E-state index in [4.69, 9.17) is 9.47 Å². The van der Waals surface area contributed by atoms with E-state index in [9.17, 15) is 9.59 Å². The minimum absolute atomic E-state index is 0.122. The molecular weight excluding hydrogens is 450 g/mol. The fourth-order valence-electron chi connectivity index (χ4n) is 4.37. The molecule has 178 valence electrons. The molecule has 0 radical (unpaired) electrons. The number of hydrogen-bond acceptors (Lipinski definition) is 6. The predicted octanol–water partition coefficient (Wildman–Crippen LogP) is 4.54. The number of anilines is 1. The van der Waals surface area contributed by atoms with Gasteiger partial charge in [-0.15, -0.1) is 11.3 Å². The lowest BCUT2D eigenvalue weighted by Gasteiger charge is -2.32. The maximum atomic E-state index is 13.8. The van der Waals surface area contributed by atoms with Crippen LogP contribution in [0.25, 0.3) is 0 Å². The molecule has 0 saturated heterocycles. The zero-order valence-corrected chi connectivity index (χ0v) is 20.2. The Balaban J connectivity index is 1.78. The second-order valence-electron chi connectivity index (χ2n) is 8.23. The van der Waals surface area contributed by atoms with Crippen molar-refractivity contribution < 1.29 is 19.1 Å². The van der Waals surface area contributed by atoms with E-state index in [1.807, 2.05) is 17.5 Å². The molecule has 34 heavy (non-hydrogen) atoms. The molecule has 1 aromatic carbocycles. The van der Waals surface area contributed by atoms with Gasteiger partial charge in [0.15, 0.2) is 11.5 Å². The highest BCUT2D eigenvalue weighted by Gasteiger charge is 2.34. The van der Waals surface area contributed by atoms with Gasteiger partial charge in [-0.25, -0.2) is 0 Å². The van der Waals surface area contributed by atoms with Crippen LogP contribution < -0.4 is 19.7 Å². The molecule has 1 saturated carbocycles.